The number of benzene rings is 1. The minimum Gasteiger partial charge on any atom is -0.323 e. The van der Waals surface area contributed by atoms with E-state index in [2.05, 4.69) is 22.0 Å². The van der Waals surface area contributed by atoms with Crippen molar-refractivity contribution in [2.45, 2.75) is 44.6 Å². The second-order valence-electron chi connectivity index (χ2n) is 5.75. The maximum Gasteiger partial charge on any atom is 0.124 e. The Balaban J connectivity index is 1.77. The van der Waals surface area contributed by atoms with E-state index in [1.54, 1.807) is 6.07 Å². The molecule has 2 aromatic rings. The molecule has 1 aromatic carbocycles. The smallest absolute Gasteiger partial charge is 0.124 e. The van der Waals surface area contributed by atoms with E-state index in [9.17, 15) is 4.39 Å². The van der Waals surface area contributed by atoms with Crippen LogP contribution in [-0.2, 0) is 19.3 Å². The first-order valence-corrected chi connectivity index (χ1v) is 9.05. The van der Waals surface area contributed by atoms with Crippen molar-refractivity contribution in [1.82, 2.24) is 0 Å². The van der Waals surface area contributed by atoms with Gasteiger partial charge < -0.3 is 5.73 Å². The van der Waals surface area contributed by atoms with Crippen LogP contribution >= 0.6 is 27.3 Å². The molecule has 2 N–H and O–H groups in total. The molecule has 0 saturated heterocycles. The second kappa shape index (κ2) is 6.59. The molecule has 1 aliphatic rings. The molecular formula is C17H19BrFNS. The normalized spacial score (nSPS) is 16.3. The molecule has 1 unspecified atom stereocenters. The topological polar surface area (TPSA) is 26.0 Å². The zero-order chi connectivity index (χ0) is 14.8. The summed E-state index contributed by atoms with van der Waals surface area (Å²) in [6, 6.07) is 7.23. The first-order valence-electron chi connectivity index (χ1n) is 7.44. The molecule has 0 amide bonds. The minimum absolute atomic E-state index is 0.0457. The zero-order valence-corrected chi connectivity index (χ0v) is 14.3. The summed E-state index contributed by atoms with van der Waals surface area (Å²) in [5.41, 5.74) is 8.78. The molecule has 0 saturated carbocycles. The van der Waals surface area contributed by atoms with Gasteiger partial charge in [-0.2, -0.15) is 0 Å². The second-order valence-corrected chi connectivity index (χ2v) is 7.83. The predicted molar refractivity (Wildman–Crippen MR) is 90.3 cm³/mol. The molecule has 0 spiro atoms. The van der Waals surface area contributed by atoms with Crippen LogP contribution in [0.15, 0.2) is 28.7 Å². The van der Waals surface area contributed by atoms with Gasteiger partial charge in [0.2, 0.25) is 0 Å². The maximum absolute atomic E-state index is 13.4. The number of rotatable bonds is 3. The first-order chi connectivity index (χ1) is 10.1. The van der Waals surface area contributed by atoms with Gasteiger partial charge in [0.15, 0.2) is 0 Å². The Kier molecular flexibility index (Phi) is 4.77. The van der Waals surface area contributed by atoms with E-state index in [0.717, 1.165) is 10.0 Å². The highest BCUT2D eigenvalue weighted by Crippen LogP contribution is 2.33. The monoisotopic (exact) mass is 367 g/mol. The Morgan fingerprint density at radius 1 is 1.14 bits per heavy atom. The van der Waals surface area contributed by atoms with Crippen molar-refractivity contribution in [1.29, 1.82) is 0 Å². The van der Waals surface area contributed by atoms with Crippen LogP contribution in [0.5, 0.6) is 0 Å². The molecule has 3 rings (SSSR count). The number of hydrogen-bond donors (Lipinski definition) is 1. The Morgan fingerprint density at radius 2 is 1.95 bits per heavy atom. The lowest BCUT2D eigenvalue weighted by Gasteiger charge is -2.10. The molecule has 1 heterocycles. The summed E-state index contributed by atoms with van der Waals surface area (Å²) in [5.74, 6) is -0.214. The number of nitrogens with two attached hydrogens (primary N) is 1. The average Bonchev–Trinajstić information content (AvgIpc) is 2.69. The van der Waals surface area contributed by atoms with Gasteiger partial charge in [0.1, 0.15) is 5.82 Å². The molecule has 112 valence electrons. The lowest BCUT2D eigenvalue weighted by atomic mass is 10.0. The van der Waals surface area contributed by atoms with Gasteiger partial charge in [0.25, 0.3) is 0 Å². The number of thiophene rings is 1. The van der Waals surface area contributed by atoms with Crippen molar-refractivity contribution >= 4 is 27.3 Å². The van der Waals surface area contributed by atoms with Crippen molar-refractivity contribution in [2.75, 3.05) is 0 Å². The number of fused-ring (bicyclic) bond motifs is 1. The van der Waals surface area contributed by atoms with Gasteiger partial charge in [-0.05, 0) is 67.5 Å². The van der Waals surface area contributed by atoms with Crippen LogP contribution in [0, 0.1) is 5.82 Å². The third-order valence-electron chi connectivity index (χ3n) is 4.01. The van der Waals surface area contributed by atoms with Crippen molar-refractivity contribution in [3.63, 3.8) is 0 Å². The van der Waals surface area contributed by atoms with Crippen molar-refractivity contribution < 1.29 is 4.39 Å². The summed E-state index contributed by atoms with van der Waals surface area (Å²) in [6.45, 7) is 0. The molecule has 1 nitrogen and oxygen atoms in total. The molecule has 0 fully saturated rings. The third kappa shape index (κ3) is 3.74. The highest BCUT2D eigenvalue weighted by atomic mass is 79.9. The highest BCUT2D eigenvalue weighted by Gasteiger charge is 2.16. The quantitative estimate of drug-likeness (QED) is 0.744. The lowest BCUT2D eigenvalue weighted by molar-refractivity contribution is 0.621. The Bertz CT molecular complexity index is 594. The van der Waals surface area contributed by atoms with E-state index in [4.69, 9.17) is 5.73 Å². The molecular weight excluding hydrogens is 349 g/mol. The molecule has 0 radical (unpaired) electrons. The van der Waals surface area contributed by atoms with E-state index in [1.807, 2.05) is 17.4 Å². The maximum atomic E-state index is 13.4. The summed E-state index contributed by atoms with van der Waals surface area (Å²) < 4.78 is 14.2. The van der Waals surface area contributed by atoms with Crippen LogP contribution in [0.4, 0.5) is 4.39 Å². The Labute approximate surface area is 137 Å². The molecule has 21 heavy (non-hydrogen) atoms. The molecule has 1 aromatic heterocycles. The predicted octanol–water partition coefficient (Wildman–Crippen LogP) is 5.16. The largest absolute Gasteiger partial charge is 0.323 e. The van der Waals surface area contributed by atoms with E-state index in [1.165, 1.54) is 53.5 Å². The van der Waals surface area contributed by atoms with Gasteiger partial charge in [-0.3, -0.25) is 0 Å². The van der Waals surface area contributed by atoms with Gasteiger partial charge in [0.05, 0.1) is 0 Å². The Morgan fingerprint density at radius 3 is 2.76 bits per heavy atom. The van der Waals surface area contributed by atoms with Crippen LogP contribution < -0.4 is 5.73 Å². The number of aryl methyl sites for hydroxylation is 2. The van der Waals surface area contributed by atoms with Crippen molar-refractivity contribution in [2.24, 2.45) is 5.73 Å². The minimum atomic E-state index is -0.214. The summed E-state index contributed by atoms with van der Waals surface area (Å²) in [4.78, 5) is 2.75. The number of halogens is 2. The van der Waals surface area contributed by atoms with Crippen LogP contribution in [0.2, 0.25) is 0 Å². The van der Waals surface area contributed by atoms with Gasteiger partial charge >= 0.3 is 0 Å². The van der Waals surface area contributed by atoms with E-state index in [-0.39, 0.29) is 11.9 Å². The van der Waals surface area contributed by atoms with Gasteiger partial charge in [-0.1, -0.05) is 22.4 Å². The van der Waals surface area contributed by atoms with Crippen molar-refractivity contribution in [3.05, 3.63) is 55.4 Å². The summed E-state index contributed by atoms with van der Waals surface area (Å²) in [5, 5.41) is 0. The Hall–Kier alpha value is -0.710. The third-order valence-corrected chi connectivity index (χ3v) is 5.84. The summed E-state index contributed by atoms with van der Waals surface area (Å²) in [7, 11) is 0. The molecule has 1 aliphatic carbocycles. The average molecular weight is 368 g/mol. The molecule has 1 atom stereocenters. The van der Waals surface area contributed by atoms with E-state index < -0.39 is 0 Å². The fourth-order valence-electron chi connectivity index (χ4n) is 2.96. The molecule has 4 heteroatoms. The van der Waals surface area contributed by atoms with Crippen LogP contribution in [0.1, 0.15) is 46.2 Å². The van der Waals surface area contributed by atoms with Crippen molar-refractivity contribution in [3.8, 4) is 0 Å². The van der Waals surface area contributed by atoms with Gasteiger partial charge in [-0.25, -0.2) is 4.39 Å². The van der Waals surface area contributed by atoms with E-state index >= 15 is 0 Å². The fourth-order valence-corrected chi connectivity index (χ4v) is 4.73. The van der Waals surface area contributed by atoms with Crippen LogP contribution in [-0.4, -0.2) is 0 Å². The molecule has 0 bridgehead atoms. The van der Waals surface area contributed by atoms with Crippen LogP contribution in [0.25, 0.3) is 0 Å². The highest BCUT2D eigenvalue weighted by molar-refractivity contribution is 9.10. The zero-order valence-electron chi connectivity index (χ0n) is 11.9. The van der Waals surface area contributed by atoms with E-state index in [0.29, 0.717) is 6.42 Å². The lowest BCUT2D eigenvalue weighted by Crippen LogP contribution is -2.12. The standard InChI is InChI=1S/C17H19BrFNS/c18-13-6-11(7-14(19)10-13)8-15(20)17-9-12-4-2-1-3-5-16(12)21-17/h6-7,9-10,15H,1-5,8,20H2. The summed E-state index contributed by atoms with van der Waals surface area (Å²) >= 11 is 5.19. The van der Waals surface area contributed by atoms with Gasteiger partial charge in [0, 0.05) is 20.3 Å². The number of hydrogen-bond acceptors (Lipinski definition) is 2. The first kappa shape index (κ1) is 15.2. The fraction of sp³-hybridized carbons (Fsp3) is 0.412. The van der Waals surface area contributed by atoms with Crippen LogP contribution in [0.3, 0.4) is 0 Å². The summed E-state index contributed by atoms with van der Waals surface area (Å²) in [6.07, 6.45) is 6.96. The van der Waals surface area contributed by atoms with Gasteiger partial charge in [-0.15, -0.1) is 11.3 Å². The molecule has 0 aliphatic heterocycles. The SMILES string of the molecule is NC(Cc1cc(F)cc(Br)c1)c1cc2c(s1)CCCCC2.